The number of methoxy groups -OCH3 is 1. The molecule has 1 fully saturated rings. The van der Waals surface area contributed by atoms with Crippen LogP contribution in [-0.4, -0.2) is 48.1 Å². The molecule has 6 heteroatoms. The molecule has 1 amide bonds. The van der Waals surface area contributed by atoms with Gasteiger partial charge in [-0.15, -0.1) is 0 Å². The molecular formula is C21H25NO5. The molecule has 6 nitrogen and oxygen atoms in total. The number of hydrogen-bond acceptors (Lipinski definition) is 5. The summed E-state index contributed by atoms with van der Waals surface area (Å²) >= 11 is 0. The number of amides is 1. The third-order valence-electron chi connectivity index (χ3n) is 5.98. The standard InChI is InChI=1S/C21H25NO5/c1-12-3-8-16-15(11-12)19(24)17-18(13-4-6-14(26-2)7-5-13)22(9-10-23)21(25)20(17)27-16/h4-7,12,15-16,18,23H,3,8-11H2,1-2H3. The Bertz CT molecular complexity index is 784. The lowest BCUT2D eigenvalue weighted by Gasteiger charge is -2.37. The first kappa shape index (κ1) is 18.0. The minimum atomic E-state index is -0.517. The number of Topliss-reactive ketones (excluding diaryl/α,β-unsaturated/α-hetero) is 1. The fraction of sp³-hybridized carbons (Fsp3) is 0.524. The maximum Gasteiger partial charge on any atom is 0.290 e. The lowest BCUT2D eigenvalue weighted by atomic mass is 9.74. The van der Waals surface area contributed by atoms with Gasteiger partial charge in [-0.25, -0.2) is 0 Å². The summed E-state index contributed by atoms with van der Waals surface area (Å²) in [6.07, 6.45) is 2.40. The summed E-state index contributed by atoms with van der Waals surface area (Å²) in [4.78, 5) is 27.9. The van der Waals surface area contributed by atoms with Crippen molar-refractivity contribution in [3.05, 3.63) is 41.2 Å². The maximum atomic E-state index is 13.4. The lowest BCUT2D eigenvalue weighted by molar-refractivity contribution is -0.136. The first-order chi connectivity index (χ1) is 13.0. The number of fused-ring (bicyclic) bond motifs is 1. The van der Waals surface area contributed by atoms with Crippen molar-refractivity contribution in [3.8, 4) is 5.75 Å². The van der Waals surface area contributed by atoms with Crippen molar-refractivity contribution < 1.29 is 24.2 Å². The number of hydrogen-bond donors (Lipinski definition) is 1. The van der Waals surface area contributed by atoms with E-state index >= 15 is 0 Å². The highest BCUT2D eigenvalue weighted by atomic mass is 16.5. The van der Waals surface area contributed by atoms with E-state index in [1.54, 1.807) is 12.0 Å². The minimum absolute atomic E-state index is 0.0300. The molecule has 0 spiro atoms. The van der Waals surface area contributed by atoms with E-state index in [0.717, 1.165) is 24.8 Å². The fourth-order valence-electron chi connectivity index (χ4n) is 4.60. The van der Waals surface area contributed by atoms with Crippen LogP contribution in [0.2, 0.25) is 0 Å². The first-order valence-electron chi connectivity index (χ1n) is 9.56. The average Bonchev–Trinajstić information content (AvgIpc) is 2.95. The zero-order chi connectivity index (χ0) is 19.1. The molecule has 27 heavy (non-hydrogen) atoms. The SMILES string of the molecule is COc1ccc(C2C3=C(OC4CCC(C)CC4C3=O)C(=O)N2CCO)cc1. The molecule has 2 heterocycles. The number of aliphatic hydroxyl groups excluding tert-OH is 1. The number of β-amino-alcohol motifs (C(OH)–C–C–N with tert-alkyl or cyclic N) is 1. The van der Waals surface area contributed by atoms with Crippen LogP contribution in [-0.2, 0) is 14.3 Å². The third-order valence-corrected chi connectivity index (χ3v) is 5.98. The summed E-state index contributed by atoms with van der Waals surface area (Å²) in [6.45, 7) is 2.15. The van der Waals surface area contributed by atoms with Gasteiger partial charge in [-0.05, 0) is 42.9 Å². The van der Waals surface area contributed by atoms with E-state index in [1.165, 1.54) is 0 Å². The van der Waals surface area contributed by atoms with Crippen LogP contribution >= 0.6 is 0 Å². The molecule has 1 aromatic carbocycles. The number of ketones is 1. The lowest BCUT2D eigenvalue weighted by Crippen LogP contribution is -2.41. The van der Waals surface area contributed by atoms with Crippen molar-refractivity contribution in [1.29, 1.82) is 0 Å². The molecule has 1 saturated carbocycles. The first-order valence-corrected chi connectivity index (χ1v) is 9.56. The van der Waals surface area contributed by atoms with Crippen LogP contribution in [0.15, 0.2) is 35.6 Å². The highest BCUT2D eigenvalue weighted by molar-refractivity contribution is 6.11. The summed E-state index contributed by atoms with van der Waals surface area (Å²) in [5, 5.41) is 9.47. The summed E-state index contributed by atoms with van der Waals surface area (Å²) in [6, 6.07) is 6.83. The number of carbonyl (C=O) groups is 2. The summed E-state index contributed by atoms with van der Waals surface area (Å²) in [5.41, 5.74) is 1.27. The maximum absolute atomic E-state index is 13.4. The van der Waals surface area contributed by atoms with Crippen LogP contribution in [0.5, 0.6) is 5.75 Å². The van der Waals surface area contributed by atoms with E-state index in [-0.39, 0.29) is 42.6 Å². The highest BCUT2D eigenvalue weighted by Crippen LogP contribution is 2.47. The topological polar surface area (TPSA) is 76.1 Å². The number of ether oxygens (including phenoxy) is 2. The average molecular weight is 371 g/mol. The Kier molecular flexibility index (Phi) is 4.68. The zero-order valence-corrected chi connectivity index (χ0v) is 15.7. The second-order valence-corrected chi connectivity index (χ2v) is 7.69. The van der Waals surface area contributed by atoms with E-state index < -0.39 is 6.04 Å². The highest BCUT2D eigenvalue weighted by Gasteiger charge is 2.52. The molecule has 0 aromatic heterocycles. The molecule has 1 aromatic rings. The van der Waals surface area contributed by atoms with Gasteiger partial charge in [-0.1, -0.05) is 19.1 Å². The molecular weight excluding hydrogens is 346 g/mol. The quantitative estimate of drug-likeness (QED) is 0.878. The van der Waals surface area contributed by atoms with Crippen LogP contribution in [0.1, 0.15) is 37.8 Å². The van der Waals surface area contributed by atoms with E-state index in [2.05, 4.69) is 6.92 Å². The van der Waals surface area contributed by atoms with Crippen LogP contribution in [0.4, 0.5) is 0 Å². The van der Waals surface area contributed by atoms with Gasteiger partial charge in [0.15, 0.2) is 11.5 Å². The van der Waals surface area contributed by atoms with Crippen molar-refractivity contribution in [2.24, 2.45) is 11.8 Å². The monoisotopic (exact) mass is 371 g/mol. The Morgan fingerprint density at radius 2 is 1.96 bits per heavy atom. The molecule has 0 radical (unpaired) electrons. The predicted molar refractivity (Wildman–Crippen MR) is 97.9 cm³/mol. The van der Waals surface area contributed by atoms with Crippen molar-refractivity contribution in [3.63, 3.8) is 0 Å². The molecule has 0 saturated heterocycles. The van der Waals surface area contributed by atoms with Crippen molar-refractivity contribution in [2.75, 3.05) is 20.3 Å². The third kappa shape index (κ3) is 2.92. The number of rotatable bonds is 4. The fourth-order valence-corrected chi connectivity index (χ4v) is 4.60. The van der Waals surface area contributed by atoms with Gasteiger partial charge < -0.3 is 19.5 Å². The Morgan fingerprint density at radius 3 is 2.63 bits per heavy atom. The van der Waals surface area contributed by atoms with Gasteiger partial charge in [-0.3, -0.25) is 9.59 Å². The smallest absolute Gasteiger partial charge is 0.290 e. The van der Waals surface area contributed by atoms with Gasteiger partial charge in [0.1, 0.15) is 11.9 Å². The Labute approximate surface area is 158 Å². The van der Waals surface area contributed by atoms with Crippen molar-refractivity contribution in [2.45, 2.75) is 38.3 Å². The van der Waals surface area contributed by atoms with Crippen LogP contribution in [0.3, 0.4) is 0 Å². The van der Waals surface area contributed by atoms with E-state index in [1.807, 2.05) is 24.3 Å². The Hall–Kier alpha value is -2.34. The normalized spacial score (nSPS) is 30.1. The van der Waals surface area contributed by atoms with Gasteiger partial charge in [0, 0.05) is 6.54 Å². The van der Waals surface area contributed by atoms with E-state index in [4.69, 9.17) is 9.47 Å². The van der Waals surface area contributed by atoms with Crippen LogP contribution in [0, 0.1) is 11.8 Å². The van der Waals surface area contributed by atoms with Gasteiger partial charge in [-0.2, -0.15) is 0 Å². The number of nitrogens with zero attached hydrogens (tertiary/aromatic N) is 1. The number of aliphatic hydroxyl groups is 1. The Balaban J connectivity index is 1.76. The molecule has 4 unspecified atom stereocenters. The number of carbonyl (C=O) groups excluding carboxylic acids is 2. The molecule has 144 valence electrons. The van der Waals surface area contributed by atoms with Gasteiger partial charge in [0.2, 0.25) is 0 Å². The van der Waals surface area contributed by atoms with Gasteiger partial charge >= 0.3 is 0 Å². The molecule has 4 atom stereocenters. The summed E-state index contributed by atoms with van der Waals surface area (Å²) < 4.78 is 11.3. The summed E-state index contributed by atoms with van der Waals surface area (Å²) in [7, 11) is 1.59. The minimum Gasteiger partial charge on any atom is -0.497 e. The van der Waals surface area contributed by atoms with Crippen LogP contribution < -0.4 is 4.74 Å². The predicted octanol–water partition coefficient (Wildman–Crippen LogP) is 2.23. The molecule has 3 aliphatic rings. The molecule has 2 aliphatic heterocycles. The molecule has 0 bridgehead atoms. The van der Waals surface area contributed by atoms with Crippen molar-refractivity contribution in [1.82, 2.24) is 4.90 Å². The number of benzene rings is 1. The van der Waals surface area contributed by atoms with Gasteiger partial charge in [0.05, 0.1) is 31.2 Å². The van der Waals surface area contributed by atoms with Crippen LogP contribution in [0.25, 0.3) is 0 Å². The van der Waals surface area contributed by atoms with E-state index in [9.17, 15) is 14.7 Å². The largest absolute Gasteiger partial charge is 0.497 e. The van der Waals surface area contributed by atoms with Gasteiger partial charge in [0.25, 0.3) is 5.91 Å². The Morgan fingerprint density at radius 1 is 1.22 bits per heavy atom. The zero-order valence-electron chi connectivity index (χ0n) is 15.7. The second-order valence-electron chi connectivity index (χ2n) is 7.69. The molecule has 4 rings (SSSR count). The summed E-state index contributed by atoms with van der Waals surface area (Å²) in [5.74, 6) is 0.914. The molecule has 1 aliphatic carbocycles. The molecule has 1 N–H and O–H groups in total. The van der Waals surface area contributed by atoms with Crippen molar-refractivity contribution >= 4 is 11.7 Å². The second kappa shape index (κ2) is 7.00. The van der Waals surface area contributed by atoms with E-state index in [0.29, 0.717) is 17.2 Å².